The number of nitrogens with zero attached hydrogens (tertiary/aromatic N) is 1. The van der Waals surface area contributed by atoms with Gasteiger partial charge in [0.2, 0.25) is 10.0 Å². The molecule has 9 heteroatoms. The highest BCUT2D eigenvalue weighted by molar-refractivity contribution is 7.89. The van der Waals surface area contributed by atoms with Gasteiger partial charge in [0.05, 0.1) is 9.82 Å². The number of hydrogen-bond donors (Lipinski definition) is 3. The van der Waals surface area contributed by atoms with Crippen molar-refractivity contribution in [1.29, 1.82) is 0 Å². The van der Waals surface area contributed by atoms with E-state index >= 15 is 0 Å². The van der Waals surface area contributed by atoms with Crippen molar-refractivity contribution in [2.24, 2.45) is 11.8 Å². The Labute approximate surface area is 123 Å². The third kappa shape index (κ3) is 3.90. The first-order valence-electron chi connectivity index (χ1n) is 6.38. The molecule has 1 rings (SSSR count). The smallest absolute Gasteiger partial charge is 0.295 e. The Morgan fingerprint density at radius 3 is 2.29 bits per heavy atom. The summed E-state index contributed by atoms with van der Waals surface area (Å²) in [5, 5.41) is 11.0. The lowest BCUT2D eigenvalue weighted by molar-refractivity contribution is -0.384. The van der Waals surface area contributed by atoms with E-state index in [1.54, 1.807) is 13.8 Å². The fourth-order valence-electron chi connectivity index (χ4n) is 1.68. The van der Waals surface area contributed by atoms with Crippen molar-refractivity contribution < 1.29 is 13.3 Å². The molecule has 0 aliphatic carbocycles. The maximum atomic E-state index is 12.4. The number of rotatable bonds is 6. The standard InChI is InChI=1S/C12H20N4O4S/c1-7(2)9(4)15-21(19,20)12-6-11(16(17)18)10(14-13)5-8(12)3/h5-7,9,14-15H,13H2,1-4H3. The second-order valence-corrected chi connectivity index (χ2v) is 6.87. The second-order valence-electron chi connectivity index (χ2n) is 5.19. The molecule has 1 unspecified atom stereocenters. The van der Waals surface area contributed by atoms with Crippen LogP contribution in [0.15, 0.2) is 17.0 Å². The summed E-state index contributed by atoms with van der Waals surface area (Å²) in [4.78, 5) is 10.2. The zero-order valence-electron chi connectivity index (χ0n) is 12.4. The van der Waals surface area contributed by atoms with Gasteiger partial charge in [-0.15, -0.1) is 0 Å². The molecule has 0 amide bonds. The minimum atomic E-state index is -3.84. The second kappa shape index (κ2) is 6.37. The Hall–Kier alpha value is -1.71. The maximum Gasteiger partial charge on any atom is 0.295 e. The number of nitrogen functional groups attached to an aromatic ring is 1. The SMILES string of the molecule is Cc1cc(NN)c([N+](=O)[O-])cc1S(=O)(=O)NC(C)C(C)C. The van der Waals surface area contributed by atoms with E-state index in [2.05, 4.69) is 10.1 Å². The molecule has 0 spiro atoms. The number of aryl methyl sites for hydroxylation is 1. The highest BCUT2D eigenvalue weighted by Gasteiger charge is 2.25. The van der Waals surface area contributed by atoms with E-state index in [4.69, 9.17) is 5.84 Å². The quantitative estimate of drug-likeness (QED) is 0.414. The van der Waals surface area contributed by atoms with E-state index in [-0.39, 0.29) is 28.2 Å². The van der Waals surface area contributed by atoms with Crippen LogP contribution in [0.25, 0.3) is 0 Å². The first-order chi connectivity index (χ1) is 9.60. The molecule has 0 saturated carbocycles. The van der Waals surface area contributed by atoms with Crippen LogP contribution >= 0.6 is 0 Å². The lowest BCUT2D eigenvalue weighted by Crippen LogP contribution is -2.36. The van der Waals surface area contributed by atoms with Gasteiger partial charge in [-0.05, 0) is 31.4 Å². The van der Waals surface area contributed by atoms with E-state index in [1.165, 1.54) is 6.07 Å². The average molecular weight is 316 g/mol. The van der Waals surface area contributed by atoms with Gasteiger partial charge >= 0.3 is 0 Å². The van der Waals surface area contributed by atoms with Crippen molar-refractivity contribution in [2.45, 2.75) is 38.6 Å². The molecule has 1 aromatic rings. The molecule has 0 heterocycles. The molecular weight excluding hydrogens is 296 g/mol. The molecule has 4 N–H and O–H groups in total. The molecule has 0 saturated heterocycles. The number of hydrazine groups is 1. The number of benzene rings is 1. The third-order valence-electron chi connectivity index (χ3n) is 3.28. The van der Waals surface area contributed by atoms with Crippen molar-refractivity contribution >= 4 is 21.4 Å². The van der Waals surface area contributed by atoms with Crippen LogP contribution in [0, 0.1) is 23.0 Å². The van der Waals surface area contributed by atoms with E-state index in [1.807, 2.05) is 13.8 Å². The summed E-state index contributed by atoms with van der Waals surface area (Å²) in [6.07, 6.45) is 0. The van der Waals surface area contributed by atoms with Crippen LogP contribution in [0.3, 0.4) is 0 Å². The number of nitrogens with two attached hydrogens (primary N) is 1. The van der Waals surface area contributed by atoms with Crippen molar-refractivity contribution in [3.63, 3.8) is 0 Å². The number of anilines is 1. The molecule has 0 aromatic heterocycles. The summed E-state index contributed by atoms with van der Waals surface area (Å²) < 4.78 is 27.2. The Morgan fingerprint density at radius 1 is 1.29 bits per heavy atom. The molecule has 0 fully saturated rings. The van der Waals surface area contributed by atoms with E-state index < -0.39 is 14.9 Å². The summed E-state index contributed by atoms with van der Waals surface area (Å²) in [5.74, 6) is 5.31. The number of nitro benzene ring substituents is 1. The first kappa shape index (κ1) is 17.3. The fourth-order valence-corrected chi connectivity index (χ4v) is 3.32. The minimum Gasteiger partial charge on any atom is -0.318 e. The van der Waals surface area contributed by atoms with Crippen LogP contribution < -0.4 is 16.0 Å². The van der Waals surface area contributed by atoms with Gasteiger partial charge < -0.3 is 5.43 Å². The number of hydrogen-bond acceptors (Lipinski definition) is 6. The molecule has 8 nitrogen and oxygen atoms in total. The Morgan fingerprint density at radius 2 is 1.86 bits per heavy atom. The average Bonchev–Trinajstić information content (AvgIpc) is 2.36. The monoisotopic (exact) mass is 316 g/mol. The summed E-state index contributed by atoms with van der Waals surface area (Å²) >= 11 is 0. The van der Waals surface area contributed by atoms with Crippen molar-refractivity contribution in [2.75, 3.05) is 5.43 Å². The zero-order chi connectivity index (χ0) is 16.4. The highest BCUT2D eigenvalue weighted by Crippen LogP contribution is 2.30. The molecule has 0 bridgehead atoms. The van der Waals surface area contributed by atoms with Gasteiger partial charge in [0, 0.05) is 12.1 Å². The lowest BCUT2D eigenvalue weighted by atomic mass is 10.1. The summed E-state index contributed by atoms with van der Waals surface area (Å²) in [7, 11) is -3.84. The Balaban J connectivity index is 3.36. The van der Waals surface area contributed by atoms with Gasteiger partial charge in [-0.25, -0.2) is 13.1 Å². The van der Waals surface area contributed by atoms with Gasteiger partial charge in [-0.3, -0.25) is 16.0 Å². The van der Waals surface area contributed by atoms with Crippen LogP contribution in [0.4, 0.5) is 11.4 Å². The zero-order valence-corrected chi connectivity index (χ0v) is 13.2. The highest BCUT2D eigenvalue weighted by atomic mass is 32.2. The van der Waals surface area contributed by atoms with Gasteiger partial charge in [0.15, 0.2) is 0 Å². The molecule has 0 aliphatic heterocycles. The first-order valence-corrected chi connectivity index (χ1v) is 7.86. The fraction of sp³-hybridized carbons (Fsp3) is 0.500. The van der Waals surface area contributed by atoms with Crippen molar-refractivity contribution in [3.8, 4) is 0 Å². The Kier molecular flexibility index (Phi) is 5.26. The van der Waals surface area contributed by atoms with Gasteiger partial charge in [-0.2, -0.15) is 0 Å². The van der Waals surface area contributed by atoms with E-state index in [0.29, 0.717) is 5.56 Å². The van der Waals surface area contributed by atoms with Crippen LogP contribution in [-0.4, -0.2) is 19.4 Å². The predicted molar refractivity (Wildman–Crippen MR) is 80.3 cm³/mol. The molecule has 0 radical (unpaired) electrons. The molecule has 118 valence electrons. The molecule has 1 aromatic carbocycles. The van der Waals surface area contributed by atoms with E-state index in [9.17, 15) is 18.5 Å². The normalized spacial score (nSPS) is 13.2. The number of sulfonamides is 1. The topological polar surface area (TPSA) is 127 Å². The minimum absolute atomic E-state index is 0.0633. The van der Waals surface area contributed by atoms with E-state index in [0.717, 1.165) is 6.07 Å². The van der Waals surface area contributed by atoms with Gasteiger partial charge in [0.1, 0.15) is 5.69 Å². The van der Waals surface area contributed by atoms with Gasteiger partial charge in [0.25, 0.3) is 5.69 Å². The third-order valence-corrected chi connectivity index (χ3v) is 4.98. The Bertz CT molecular complexity index is 643. The summed E-state index contributed by atoms with van der Waals surface area (Å²) in [6, 6.07) is 2.06. The van der Waals surface area contributed by atoms with Crippen LogP contribution in [0.1, 0.15) is 26.3 Å². The summed E-state index contributed by atoms with van der Waals surface area (Å²) in [5.41, 5.74) is 2.25. The largest absolute Gasteiger partial charge is 0.318 e. The molecule has 0 aliphatic rings. The predicted octanol–water partition coefficient (Wildman–Crippen LogP) is 1.51. The molecule has 21 heavy (non-hydrogen) atoms. The van der Waals surface area contributed by atoms with Crippen molar-refractivity contribution in [3.05, 3.63) is 27.8 Å². The van der Waals surface area contributed by atoms with Crippen LogP contribution in [0.2, 0.25) is 0 Å². The van der Waals surface area contributed by atoms with Gasteiger partial charge in [-0.1, -0.05) is 13.8 Å². The maximum absolute atomic E-state index is 12.4. The van der Waals surface area contributed by atoms with Crippen LogP contribution in [-0.2, 0) is 10.0 Å². The summed E-state index contributed by atoms with van der Waals surface area (Å²) in [6.45, 7) is 7.05. The molecule has 1 atom stereocenters. The number of nitro groups is 1. The lowest BCUT2D eigenvalue weighted by Gasteiger charge is -2.18. The van der Waals surface area contributed by atoms with Crippen LogP contribution in [0.5, 0.6) is 0 Å². The number of nitrogens with one attached hydrogen (secondary N) is 2. The van der Waals surface area contributed by atoms with Crippen molar-refractivity contribution in [1.82, 2.24) is 4.72 Å². The molecular formula is C12H20N4O4S.